The number of amides is 2. The minimum absolute atomic E-state index is 0.0229. The third-order valence-electron chi connectivity index (χ3n) is 6.17. The summed E-state index contributed by atoms with van der Waals surface area (Å²) in [4.78, 5) is 25.7. The molecule has 4 N–H and O–H groups in total. The highest BCUT2D eigenvalue weighted by molar-refractivity contribution is 6.53. The van der Waals surface area contributed by atoms with Gasteiger partial charge in [0.2, 0.25) is 5.91 Å². The fourth-order valence-electron chi connectivity index (χ4n) is 4.10. The van der Waals surface area contributed by atoms with Crippen LogP contribution in [0.3, 0.4) is 0 Å². The molecule has 1 aliphatic carbocycles. The minimum atomic E-state index is -4.98. The van der Waals surface area contributed by atoms with Gasteiger partial charge in [-0.2, -0.15) is 13.2 Å². The van der Waals surface area contributed by atoms with Gasteiger partial charge in [-0.15, -0.1) is 23.2 Å². The van der Waals surface area contributed by atoms with Gasteiger partial charge in [0, 0.05) is 17.2 Å². The van der Waals surface area contributed by atoms with Crippen LogP contribution >= 0.6 is 34.8 Å². The predicted octanol–water partition coefficient (Wildman–Crippen LogP) is 7.45. The van der Waals surface area contributed by atoms with Crippen molar-refractivity contribution in [2.24, 2.45) is 5.92 Å². The van der Waals surface area contributed by atoms with E-state index >= 15 is 0 Å². The summed E-state index contributed by atoms with van der Waals surface area (Å²) in [5, 5.41) is 4.60. The molecule has 3 aromatic carbocycles. The van der Waals surface area contributed by atoms with Gasteiger partial charge < -0.3 is 16.4 Å². The maximum absolute atomic E-state index is 14.4. The quantitative estimate of drug-likeness (QED) is 0.159. The molecule has 1 aliphatic rings. The number of nitrogens with two attached hydrogens (primary N) is 1. The van der Waals surface area contributed by atoms with Crippen LogP contribution in [0, 0.1) is 30.3 Å². The van der Waals surface area contributed by atoms with Crippen molar-refractivity contribution in [1.29, 1.82) is 0 Å². The van der Waals surface area contributed by atoms with Gasteiger partial charge in [0.15, 0.2) is 11.6 Å². The van der Waals surface area contributed by atoms with Crippen molar-refractivity contribution in [1.82, 2.24) is 0 Å². The number of nitrogen functional groups attached to an aromatic ring is 1. The summed E-state index contributed by atoms with van der Waals surface area (Å²) in [6.45, 7) is 1.13. The van der Waals surface area contributed by atoms with Crippen molar-refractivity contribution < 1.29 is 35.9 Å². The summed E-state index contributed by atoms with van der Waals surface area (Å²) in [6.07, 6.45) is -4.98. The largest absolute Gasteiger partial charge is 0.419 e. The first-order chi connectivity index (χ1) is 18.0. The monoisotopic (exact) mass is 609 g/mol. The number of halogens is 9. The highest BCUT2D eigenvalue weighted by Crippen LogP contribution is 2.65. The van der Waals surface area contributed by atoms with Crippen LogP contribution in [0.1, 0.15) is 33.0 Å². The molecular weight excluding hydrogens is 595 g/mol. The van der Waals surface area contributed by atoms with Crippen molar-refractivity contribution in [2.45, 2.75) is 23.4 Å². The molecule has 0 aromatic heterocycles. The van der Waals surface area contributed by atoms with E-state index in [1.54, 1.807) is 0 Å². The molecular formula is C25H16Cl3F6N3O2. The molecule has 2 amide bonds. The normalized spacial score (nSPS) is 18.0. The van der Waals surface area contributed by atoms with E-state index in [0.717, 1.165) is 25.1 Å². The SMILES string of the molecule is Cc1c(F)c(N)cc(NC(=O)c2cc(NC(=O)[C@H]3[C@H](c4ccc(F)c(C(F)(F)F)c4)C3(Cl)Cl)ccc2Cl)c1F. The fraction of sp³-hybridized carbons (Fsp3) is 0.200. The molecule has 0 heterocycles. The smallest absolute Gasteiger partial charge is 0.396 e. The van der Waals surface area contributed by atoms with Crippen LogP contribution in [0.15, 0.2) is 42.5 Å². The molecule has 0 bridgehead atoms. The average Bonchev–Trinajstić information content (AvgIpc) is 3.43. The van der Waals surface area contributed by atoms with Gasteiger partial charge in [-0.3, -0.25) is 9.59 Å². The second-order valence-electron chi connectivity index (χ2n) is 8.77. The molecule has 14 heteroatoms. The molecule has 2 atom stereocenters. The number of anilines is 3. The van der Waals surface area contributed by atoms with E-state index < -0.39 is 74.1 Å². The predicted molar refractivity (Wildman–Crippen MR) is 136 cm³/mol. The number of alkyl halides is 5. The third-order valence-corrected chi connectivity index (χ3v) is 7.44. The van der Waals surface area contributed by atoms with Crippen molar-refractivity contribution in [3.63, 3.8) is 0 Å². The van der Waals surface area contributed by atoms with Gasteiger partial charge in [-0.05, 0) is 48.9 Å². The molecule has 0 aliphatic heterocycles. The Bertz CT molecular complexity index is 1510. The maximum Gasteiger partial charge on any atom is 0.419 e. The Balaban J connectivity index is 1.54. The lowest BCUT2D eigenvalue weighted by Crippen LogP contribution is -2.19. The average molecular weight is 611 g/mol. The van der Waals surface area contributed by atoms with E-state index in [1.807, 2.05) is 0 Å². The third kappa shape index (κ3) is 5.48. The standard InChI is InChI=1S/C25H16Cl3F6N3O2/c1-9-20(30)16(35)8-17(21(9)31)37-22(38)12-7-11(3-4-14(12)26)36-23(39)19-18(24(19,27)28)10-2-5-15(29)13(6-10)25(32,33)34/h2-8,18-19H,35H2,1H3,(H,36,39)(H,37,38)/t18-,19+/m0/s1. The van der Waals surface area contributed by atoms with Crippen molar-refractivity contribution >= 4 is 63.7 Å². The number of nitrogens with one attached hydrogen (secondary N) is 2. The molecule has 0 radical (unpaired) electrons. The van der Waals surface area contributed by atoms with Gasteiger partial charge in [0.25, 0.3) is 5.91 Å². The lowest BCUT2D eigenvalue weighted by molar-refractivity contribution is -0.140. The Labute approximate surface area is 232 Å². The van der Waals surface area contributed by atoms with E-state index in [-0.39, 0.29) is 21.8 Å². The molecule has 0 saturated heterocycles. The number of hydrogen-bond acceptors (Lipinski definition) is 3. The van der Waals surface area contributed by atoms with E-state index in [4.69, 9.17) is 40.5 Å². The van der Waals surface area contributed by atoms with Crippen LogP contribution < -0.4 is 16.4 Å². The lowest BCUT2D eigenvalue weighted by Gasteiger charge is -2.13. The summed E-state index contributed by atoms with van der Waals surface area (Å²) in [6, 6.07) is 6.81. The number of rotatable bonds is 5. The fourth-order valence-corrected chi connectivity index (χ4v) is 5.13. The van der Waals surface area contributed by atoms with Gasteiger partial charge in [0.1, 0.15) is 10.2 Å². The maximum atomic E-state index is 14.4. The Morgan fingerprint density at radius 3 is 2.28 bits per heavy atom. The van der Waals surface area contributed by atoms with Crippen LogP contribution in [-0.2, 0) is 11.0 Å². The highest BCUT2D eigenvalue weighted by Gasteiger charge is 2.67. The first kappa shape index (κ1) is 28.8. The number of hydrogen-bond donors (Lipinski definition) is 3. The van der Waals surface area contributed by atoms with Gasteiger partial charge in [0.05, 0.1) is 33.4 Å². The second-order valence-corrected chi connectivity index (χ2v) is 10.6. The molecule has 5 nitrogen and oxygen atoms in total. The summed E-state index contributed by atoms with van der Waals surface area (Å²) < 4.78 is 79.5. The van der Waals surface area contributed by atoms with Crippen LogP contribution in [0.25, 0.3) is 0 Å². The first-order valence-electron chi connectivity index (χ1n) is 10.9. The van der Waals surface area contributed by atoms with Crippen molar-refractivity contribution in [3.8, 4) is 0 Å². The van der Waals surface area contributed by atoms with Crippen LogP contribution in [0.2, 0.25) is 5.02 Å². The molecule has 1 saturated carbocycles. The van der Waals surface area contributed by atoms with Gasteiger partial charge in [-0.25, -0.2) is 13.2 Å². The number of benzene rings is 3. The lowest BCUT2D eigenvalue weighted by atomic mass is 10.0. The van der Waals surface area contributed by atoms with Gasteiger partial charge >= 0.3 is 6.18 Å². The zero-order chi connectivity index (χ0) is 29.0. The second kappa shape index (κ2) is 10.1. The zero-order valence-electron chi connectivity index (χ0n) is 19.5. The van der Waals surface area contributed by atoms with Crippen LogP contribution in [-0.4, -0.2) is 16.1 Å². The Hall–Kier alpha value is -3.15. The molecule has 0 unspecified atom stereocenters. The summed E-state index contributed by atoms with van der Waals surface area (Å²) in [5.74, 6) is -7.55. The molecule has 1 fully saturated rings. The highest BCUT2D eigenvalue weighted by atomic mass is 35.5. The zero-order valence-corrected chi connectivity index (χ0v) is 21.8. The van der Waals surface area contributed by atoms with E-state index in [1.165, 1.54) is 12.1 Å². The van der Waals surface area contributed by atoms with Crippen molar-refractivity contribution in [2.75, 3.05) is 16.4 Å². The van der Waals surface area contributed by atoms with Crippen molar-refractivity contribution in [3.05, 3.63) is 87.2 Å². The summed E-state index contributed by atoms with van der Waals surface area (Å²) >= 11 is 18.5. The molecule has 4 rings (SSSR count). The van der Waals surface area contributed by atoms with Gasteiger partial charge in [-0.1, -0.05) is 17.7 Å². The summed E-state index contributed by atoms with van der Waals surface area (Å²) in [5.41, 5.74) is 2.47. The molecule has 0 spiro atoms. The van der Waals surface area contributed by atoms with E-state index in [0.29, 0.717) is 12.1 Å². The van der Waals surface area contributed by atoms with Crippen LogP contribution in [0.4, 0.5) is 43.4 Å². The molecule has 3 aromatic rings. The topological polar surface area (TPSA) is 84.2 Å². The number of carbonyl (C=O) groups is 2. The Morgan fingerprint density at radius 2 is 1.64 bits per heavy atom. The first-order valence-corrected chi connectivity index (χ1v) is 12.1. The summed E-state index contributed by atoms with van der Waals surface area (Å²) in [7, 11) is 0. The Kier molecular flexibility index (Phi) is 7.48. The number of carbonyl (C=O) groups excluding carboxylic acids is 2. The minimum Gasteiger partial charge on any atom is -0.396 e. The van der Waals surface area contributed by atoms with E-state index in [9.17, 15) is 35.9 Å². The van der Waals surface area contributed by atoms with Crippen LogP contribution in [0.5, 0.6) is 0 Å². The molecule has 39 heavy (non-hydrogen) atoms. The van der Waals surface area contributed by atoms with E-state index in [2.05, 4.69) is 10.6 Å². The molecule has 206 valence electrons. The Morgan fingerprint density at radius 1 is 0.974 bits per heavy atom.